The molecular weight excluding hydrogens is 481 g/mol. The lowest BCUT2D eigenvalue weighted by Crippen LogP contribution is -2.55. The molecule has 35 heavy (non-hydrogen) atoms. The van der Waals surface area contributed by atoms with E-state index in [2.05, 4.69) is 38.1 Å². The summed E-state index contributed by atoms with van der Waals surface area (Å²) in [5.74, 6) is -0.247. The number of nitrogens with zero attached hydrogens (tertiary/aromatic N) is 2. The molecule has 0 unspecified atom stereocenters. The second-order valence-corrected chi connectivity index (χ2v) is 10.4. The van der Waals surface area contributed by atoms with Crippen LogP contribution >= 0.6 is 23.1 Å². The fourth-order valence-electron chi connectivity index (χ4n) is 4.16. The largest absolute Gasteiger partial charge is 0.351 e. The first-order valence-electron chi connectivity index (χ1n) is 11.4. The summed E-state index contributed by atoms with van der Waals surface area (Å²) >= 11 is 3.17. The zero-order chi connectivity index (χ0) is 24.4. The molecule has 2 aromatic heterocycles. The molecular formula is C26H26FN5OS2. The number of thioether (sulfide) groups is 1. The maximum Gasteiger partial charge on any atom is 0.238 e. The summed E-state index contributed by atoms with van der Waals surface area (Å²) < 4.78 is 14.2. The van der Waals surface area contributed by atoms with Gasteiger partial charge in [-0.1, -0.05) is 18.2 Å². The average Bonchev–Trinajstić information content (AvgIpc) is 3.34. The fourth-order valence-corrected chi connectivity index (χ4v) is 5.60. The van der Waals surface area contributed by atoms with E-state index in [1.807, 2.05) is 24.5 Å². The first-order valence-corrected chi connectivity index (χ1v) is 13.5. The first kappa shape index (κ1) is 23.9. The summed E-state index contributed by atoms with van der Waals surface area (Å²) in [4.78, 5) is 24.7. The molecule has 0 spiro atoms. The summed E-state index contributed by atoms with van der Waals surface area (Å²) in [6, 6.07) is 13.3. The van der Waals surface area contributed by atoms with Crippen molar-refractivity contribution < 1.29 is 9.18 Å². The van der Waals surface area contributed by atoms with Crippen molar-refractivity contribution in [3.63, 3.8) is 0 Å². The minimum atomic E-state index is -0.238. The van der Waals surface area contributed by atoms with Gasteiger partial charge in [-0.15, -0.1) is 23.1 Å². The fraction of sp³-hybridized carbons (Fsp3) is 0.269. The number of nitrogens with one attached hydrogen (secondary N) is 3. The van der Waals surface area contributed by atoms with Gasteiger partial charge in [0, 0.05) is 46.9 Å². The van der Waals surface area contributed by atoms with Crippen molar-refractivity contribution in [1.82, 2.24) is 25.9 Å². The molecule has 1 amide bonds. The third-order valence-electron chi connectivity index (χ3n) is 6.17. The van der Waals surface area contributed by atoms with E-state index in [0.717, 1.165) is 55.5 Å². The first-order chi connectivity index (χ1) is 17.0. The van der Waals surface area contributed by atoms with Crippen LogP contribution in [0.15, 0.2) is 53.7 Å². The number of piperazine rings is 1. The van der Waals surface area contributed by atoms with Gasteiger partial charge in [0.1, 0.15) is 17.0 Å². The van der Waals surface area contributed by atoms with E-state index < -0.39 is 0 Å². The topological polar surface area (TPSA) is 78.9 Å². The molecule has 0 radical (unpaired) electrons. The van der Waals surface area contributed by atoms with Gasteiger partial charge in [-0.25, -0.2) is 14.4 Å². The van der Waals surface area contributed by atoms with Crippen LogP contribution in [0.2, 0.25) is 0 Å². The van der Waals surface area contributed by atoms with Crippen LogP contribution in [0.3, 0.4) is 0 Å². The quantitative estimate of drug-likeness (QED) is 0.337. The van der Waals surface area contributed by atoms with Crippen molar-refractivity contribution >= 4 is 39.2 Å². The molecule has 1 fully saturated rings. The second kappa shape index (κ2) is 10.4. The van der Waals surface area contributed by atoms with Gasteiger partial charge < -0.3 is 16.0 Å². The molecule has 0 bridgehead atoms. The third-order valence-corrected chi connectivity index (χ3v) is 7.99. The summed E-state index contributed by atoms with van der Waals surface area (Å²) in [6.45, 7) is 4.41. The summed E-state index contributed by atoms with van der Waals surface area (Å²) in [6.07, 6.45) is 3.60. The van der Waals surface area contributed by atoms with Crippen molar-refractivity contribution in [2.45, 2.75) is 24.4 Å². The van der Waals surface area contributed by atoms with E-state index in [1.165, 1.54) is 11.3 Å². The SMILES string of the molecule is CSc1ccc(CNC(=O)[C@@H]2CNCCN2)c(-c2ncnc3sc(-c4ccc(C)c(F)c4)cc23)c1. The Hall–Kier alpha value is -2.85. The highest BCUT2D eigenvalue weighted by Gasteiger charge is 2.21. The van der Waals surface area contributed by atoms with E-state index in [0.29, 0.717) is 18.7 Å². The van der Waals surface area contributed by atoms with Crippen molar-refractivity contribution in [2.75, 3.05) is 25.9 Å². The number of amides is 1. The number of aryl methyl sites for hydroxylation is 1. The number of fused-ring (bicyclic) bond motifs is 1. The van der Waals surface area contributed by atoms with Gasteiger partial charge in [-0.2, -0.15) is 0 Å². The Morgan fingerprint density at radius 3 is 2.86 bits per heavy atom. The normalized spacial score (nSPS) is 15.9. The van der Waals surface area contributed by atoms with Gasteiger partial charge >= 0.3 is 0 Å². The molecule has 2 aromatic carbocycles. The Balaban J connectivity index is 1.51. The average molecular weight is 508 g/mol. The molecule has 1 saturated heterocycles. The van der Waals surface area contributed by atoms with E-state index in [9.17, 15) is 9.18 Å². The lowest BCUT2D eigenvalue weighted by molar-refractivity contribution is -0.123. The van der Waals surface area contributed by atoms with Crippen LogP contribution < -0.4 is 16.0 Å². The van der Waals surface area contributed by atoms with Gasteiger partial charge in [-0.3, -0.25) is 4.79 Å². The van der Waals surface area contributed by atoms with E-state index >= 15 is 0 Å². The van der Waals surface area contributed by atoms with Crippen molar-refractivity contribution in [1.29, 1.82) is 0 Å². The van der Waals surface area contributed by atoms with Crippen molar-refractivity contribution in [3.8, 4) is 21.7 Å². The molecule has 4 aromatic rings. The number of hydrogen-bond donors (Lipinski definition) is 3. The highest BCUT2D eigenvalue weighted by atomic mass is 32.2. The van der Waals surface area contributed by atoms with Gasteiger partial charge in [0.05, 0.1) is 11.7 Å². The molecule has 6 nitrogen and oxygen atoms in total. The van der Waals surface area contributed by atoms with Gasteiger partial charge in [0.2, 0.25) is 5.91 Å². The molecule has 9 heteroatoms. The smallest absolute Gasteiger partial charge is 0.238 e. The molecule has 1 aliphatic heterocycles. The molecule has 3 heterocycles. The molecule has 180 valence electrons. The number of halogens is 1. The van der Waals surface area contributed by atoms with E-state index in [-0.39, 0.29) is 17.8 Å². The lowest BCUT2D eigenvalue weighted by atomic mass is 10.0. The Kier molecular flexibility index (Phi) is 7.10. The van der Waals surface area contributed by atoms with Gasteiger partial charge in [0.25, 0.3) is 0 Å². The summed E-state index contributed by atoms with van der Waals surface area (Å²) in [5, 5.41) is 10.5. The molecule has 0 aliphatic carbocycles. The maximum absolute atomic E-state index is 14.2. The zero-order valence-electron chi connectivity index (χ0n) is 19.5. The van der Waals surface area contributed by atoms with Crippen LogP contribution in [0.4, 0.5) is 4.39 Å². The lowest BCUT2D eigenvalue weighted by Gasteiger charge is -2.23. The predicted octanol–water partition coefficient (Wildman–Crippen LogP) is 4.37. The van der Waals surface area contributed by atoms with Crippen LogP contribution in [-0.2, 0) is 11.3 Å². The van der Waals surface area contributed by atoms with Crippen LogP contribution in [0.1, 0.15) is 11.1 Å². The van der Waals surface area contributed by atoms with Crippen LogP contribution in [0.25, 0.3) is 31.9 Å². The molecule has 0 saturated carbocycles. The number of rotatable bonds is 6. The molecule has 1 aliphatic rings. The minimum absolute atomic E-state index is 0.0239. The van der Waals surface area contributed by atoms with Gasteiger partial charge in [0.15, 0.2) is 0 Å². The summed E-state index contributed by atoms with van der Waals surface area (Å²) in [5.41, 5.74) is 4.19. The predicted molar refractivity (Wildman–Crippen MR) is 141 cm³/mol. The molecule has 5 rings (SSSR count). The van der Waals surface area contributed by atoms with Crippen LogP contribution in [0.5, 0.6) is 0 Å². The van der Waals surface area contributed by atoms with Crippen LogP contribution in [-0.4, -0.2) is 47.8 Å². The minimum Gasteiger partial charge on any atom is -0.351 e. The third kappa shape index (κ3) is 5.08. The number of benzene rings is 2. The van der Waals surface area contributed by atoms with Crippen LogP contribution in [0, 0.1) is 12.7 Å². The number of aromatic nitrogens is 2. The highest BCUT2D eigenvalue weighted by Crippen LogP contribution is 2.38. The second-order valence-electron chi connectivity index (χ2n) is 8.47. The summed E-state index contributed by atoms with van der Waals surface area (Å²) in [7, 11) is 0. The van der Waals surface area contributed by atoms with E-state index in [1.54, 1.807) is 37.1 Å². The van der Waals surface area contributed by atoms with E-state index in [4.69, 9.17) is 0 Å². The Bertz CT molecular complexity index is 1380. The number of carbonyl (C=O) groups excluding carboxylic acids is 1. The zero-order valence-corrected chi connectivity index (χ0v) is 21.2. The number of carbonyl (C=O) groups is 1. The monoisotopic (exact) mass is 507 g/mol. The van der Waals surface area contributed by atoms with Crippen molar-refractivity contribution in [2.24, 2.45) is 0 Å². The Labute approximate surface area is 211 Å². The maximum atomic E-state index is 14.2. The molecule has 1 atom stereocenters. The van der Waals surface area contributed by atoms with Gasteiger partial charge in [-0.05, 0) is 54.1 Å². The number of thiophene rings is 1. The molecule has 3 N–H and O–H groups in total. The Morgan fingerprint density at radius 2 is 2.09 bits per heavy atom. The standard InChI is InChI=1S/C26H26FN5OS2/c1-15-3-4-16(9-21(15)27)23-11-20-24(31-14-32-26(20)35-23)19-10-18(34-2)6-5-17(19)12-30-25(33)22-13-28-7-8-29-22/h3-6,9-11,14,22,28-29H,7-8,12-13H2,1-2H3,(H,30,33)/t22-/m0/s1. The Morgan fingerprint density at radius 1 is 1.20 bits per heavy atom. The highest BCUT2D eigenvalue weighted by molar-refractivity contribution is 7.98. The number of hydrogen-bond acceptors (Lipinski definition) is 7. The van der Waals surface area contributed by atoms with Crippen molar-refractivity contribution in [3.05, 3.63) is 65.7 Å².